The molecule has 0 radical (unpaired) electrons. The summed E-state index contributed by atoms with van der Waals surface area (Å²) >= 11 is 12.0. The number of hydrogen-bond donors (Lipinski definition) is 0. The number of halogens is 2. The van der Waals surface area contributed by atoms with Gasteiger partial charge in [-0.15, -0.1) is 11.6 Å². The largest absolute Gasteiger partial charge is 0.366 e. The lowest BCUT2D eigenvalue weighted by Gasteiger charge is -2.39. The lowest BCUT2D eigenvalue weighted by atomic mass is 9.91. The summed E-state index contributed by atoms with van der Waals surface area (Å²) in [6.07, 6.45) is 7.27. The van der Waals surface area contributed by atoms with Crippen molar-refractivity contribution >= 4 is 28.9 Å². The van der Waals surface area contributed by atoms with Gasteiger partial charge in [0.2, 0.25) is 0 Å². The molecule has 82 valence electrons. The molecule has 0 amide bonds. The molecule has 4 heteroatoms. The maximum absolute atomic E-state index is 6.13. The molecule has 0 saturated heterocycles. The standard InChI is InChI=1S/C11H14Cl2N2/c12-5-7-15(9-2-1-3-9)11-4-6-14-8-10(11)13/h4,6,8-9H,1-3,5,7H2. The Hall–Kier alpha value is -0.470. The second-order valence-electron chi connectivity index (χ2n) is 3.79. The van der Waals surface area contributed by atoms with Gasteiger partial charge < -0.3 is 4.90 Å². The quantitative estimate of drug-likeness (QED) is 0.756. The Balaban J connectivity index is 2.19. The summed E-state index contributed by atoms with van der Waals surface area (Å²) in [7, 11) is 0. The van der Waals surface area contributed by atoms with Crippen LogP contribution in [0.2, 0.25) is 5.02 Å². The van der Waals surface area contributed by atoms with Crippen molar-refractivity contribution in [3.63, 3.8) is 0 Å². The molecule has 0 atom stereocenters. The third-order valence-corrected chi connectivity index (χ3v) is 3.36. The van der Waals surface area contributed by atoms with Crippen molar-refractivity contribution in [2.45, 2.75) is 25.3 Å². The predicted molar refractivity (Wildman–Crippen MR) is 65.0 cm³/mol. The number of aromatic nitrogens is 1. The van der Waals surface area contributed by atoms with E-state index < -0.39 is 0 Å². The van der Waals surface area contributed by atoms with Crippen LogP contribution < -0.4 is 4.90 Å². The van der Waals surface area contributed by atoms with Crippen molar-refractivity contribution in [2.24, 2.45) is 0 Å². The number of alkyl halides is 1. The second kappa shape index (κ2) is 5.04. The zero-order valence-corrected chi connectivity index (χ0v) is 10.0. The summed E-state index contributed by atoms with van der Waals surface area (Å²) in [5, 5.41) is 0.717. The van der Waals surface area contributed by atoms with Crippen LogP contribution >= 0.6 is 23.2 Å². The fourth-order valence-corrected chi connectivity index (χ4v) is 2.30. The molecule has 1 aromatic rings. The van der Waals surface area contributed by atoms with Crippen molar-refractivity contribution in [3.05, 3.63) is 23.5 Å². The van der Waals surface area contributed by atoms with Gasteiger partial charge in [0.15, 0.2) is 0 Å². The van der Waals surface area contributed by atoms with E-state index in [9.17, 15) is 0 Å². The zero-order chi connectivity index (χ0) is 10.7. The molecule has 1 fully saturated rings. The molecule has 0 aliphatic heterocycles. The van der Waals surface area contributed by atoms with Crippen molar-refractivity contribution in [1.29, 1.82) is 0 Å². The Morgan fingerprint density at radius 1 is 1.47 bits per heavy atom. The van der Waals surface area contributed by atoms with E-state index in [1.165, 1.54) is 19.3 Å². The highest BCUT2D eigenvalue weighted by Crippen LogP contribution is 2.33. The lowest BCUT2D eigenvalue weighted by molar-refractivity contribution is 0.391. The van der Waals surface area contributed by atoms with Crippen LogP contribution in [-0.2, 0) is 0 Å². The van der Waals surface area contributed by atoms with E-state index in [-0.39, 0.29) is 0 Å². The van der Waals surface area contributed by atoms with E-state index >= 15 is 0 Å². The van der Waals surface area contributed by atoms with Gasteiger partial charge in [0.25, 0.3) is 0 Å². The SMILES string of the molecule is ClCCN(c1ccncc1Cl)C1CCC1. The summed E-state index contributed by atoms with van der Waals surface area (Å²) < 4.78 is 0. The average molecular weight is 245 g/mol. The highest BCUT2D eigenvalue weighted by molar-refractivity contribution is 6.33. The van der Waals surface area contributed by atoms with E-state index in [0.29, 0.717) is 11.9 Å². The van der Waals surface area contributed by atoms with Gasteiger partial charge in [-0.3, -0.25) is 4.98 Å². The summed E-state index contributed by atoms with van der Waals surface area (Å²) in [4.78, 5) is 6.31. The Labute approximate surface area is 100 Å². The minimum absolute atomic E-state index is 0.614. The monoisotopic (exact) mass is 244 g/mol. The van der Waals surface area contributed by atoms with Crippen molar-refractivity contribution in [1.82, 2.24) is 4.98 Å². The van der Waals surface area contributed by atoms with E-state index in [2.05, 4.69) is 9.88 Å². The van der Waals surface area contributed by atoms with E-state index in [1.54, 1.807) is 12.4 Å². The highest BCUT2D eigenvalue weighted by Gasteiger charge is 2.25. The highest BCUT2D eigenvalue weighted by atomic mass is 35.5. The van der Waals surface area contributed by atoms with E-state index in [0.717, 1.165) is 17.3 Å². The van der Waals surface area contributed by atoms with Gasteiger partial charge in [-0.25, -0.2) is 0 Å². The van der Waals surface area contributed by atoms with Crippen LogP contribution in [0.25, 0.3) is 0 Å². The number of nitrogens with zero attached hydrogens (tertiary/aromatic N) is 2. The molecule has 1 aromatic heterocycles. The molecule has 0 aromatic carbocycles. The van der Waals surface area contributed by atoms with Crippen LogP contribution in [0.15, 0.2) is 18.5 Å². The zero-order valence-electron chi connectivity index (χ0n) is 8.50. The van der Waals surface area contributed by atoms with Crippen LogP contribution in [0.4, 0.5) is 5.69 Å². The Morgan fingerprint density at radius 3 is 2.80 bits per heavy atom. The molecule has 0 N–H and O–H groups in total. The average Bonchev–Trinajstić information content (AvgIpc) is 2.15. The fraction of sp³-hybridized carbons (Fsp3) is 0.545. The minimum atomic E-state index is 0.614. The molecule has 1 aliphatic rings. The van der Waals surface area contributed by atoms with Crippen LogP contribution in [-0.4, -0.2) is 23.5 Å². The summed E-state index contributed by atoms with van der Waals surface area (Å²) in [5.74, 6) is 0.634. The number of hydrogen-bond acceptors (Lipinski definition) is 2. The van der Waals surface area contributed by atoms with Gasteiger partial charge in [-0.05, 0) is 25.3 Å². The first-order valence-corrected chi connectivity index (χ1v) is 6.16. The maximum atomic E-state index is 6.13. The molecule has 2 rings (SSSR count). The first kappa shape index (κ1) is 11.0. The Kier molecular flexibility index (Phi) is 3.71. The minimum Gasteiger partial charge on any atom is -0.366 e. The maximum Gasteiger partial charge on any atom is 0.0822 e. The third kappa shape index (κ3) is 2.37. The second-order valence-corrected chi connectivity index (χ2v) is 4.58. The molecule has 1 heterocycles. The number of pyridine rings is 1. The van der Waals surface area contributed by atoms with Crippen LogP contribution in [0.1, 0.15) is 19.3 Å². The van der Waals surface area contributed by atoms with E-state index in [1.807, 2.05) is 6.07 Å². The first-order chi connectivity index (χ1) is 7.33. The summed E-state index contributed by atoms with van der Waals surface area (Å²) in [6, 6.07) is 2.58. The van der Waals surface area contributed by atoms with Crippen LogP contribution in [0.5, 0.6) is 0 Å². The molecule has 1 aliphatic carbocycles. The van der Waals surface area contributed by atoms with Gasteiger partial charge in [0.05, 0.1) is 10.7 Å². The molecular weight excluding hydrogens is 231 g/mol. The smallest absolute Gasteiger partial charge is 0.0822 e. The molecule has 0 spiro atoms. The number of rotatable bonds is 4. The Bertz CT molecular complexity index is 326. The van der Waals surface area contributed by atoms with Crippen molar-refractivity contribution < 1.29 is 0 Å². The predicted octanol–water partition coefficient (Wildman–Crippen LogP) is 3.33. The summed E-state index contributed by atoms with van der Waals surface area (Å²) in [6.45, 7) is 0.857. The fourth-order valence-electron chi connectivity index (χ4n) is 1.89. The van der Waals surface area contributed by atoms with E-state index in [4.69, 9.17) is 23.2 Å². The van der Waals surface area contributed by atoms with Gasteiger partial charge in [-0.2, -0.15) is 0 Å². The molecule has 15 heavy (non-hydrogen) atoms. The third-order valence-electron chi connectivity index (χ3n) is 2.90. The van der Waals surface area contributed by atoms with Gasteiger partial charge in [0, 0.05) is 30.9 Å². The Morgan fingerprint density at radius 2 is 2.27 bits per heavy atom. The van der Waals surface area contributed by atoms with Crippen LogP contribution in [0, 0.1) is 0 Å². The summed E-state index contributed by atoms with van der Waals surface area (Å²) in [5.41, 5.74) is 1.07. The molecule has 0 bridgehead atoms. The topological polar surface area (TPSA) is 16.1 Å². The van der Waals surface area contributed by atoms with Crippen LogP contribution in [0.3, 0.4) is 0 Å². The van der Waals surface area contributed by atoms with Gasteiger partial charge in [-0.1, -0.05) is 11.6 Å². The molecule has 0 unspecified atom stereocenters. The first-order valence-electron chi connectivity index (χ1n) is 5.25. The van der Waals surface area contributed by atoms with Crippen molar-refractivity contribution in [2.75, 3.05) is 17.3 Å². The molecule has 2 nitrogen and oxygen atoms in total. The number of anilines is 1. The lowest BCUT2D eigenvalue weighted by Crippen LogP contribution is -2.41. The molecule has 1 saturated carbocycles. The molecular formula is C11H14Cl2N2. The van der Waals surface area contributed by atoms with Gasteiger partial charge >= 0.3 is 0 Å². The normalized spacial score (nSPS) is 16.1. The van der Waals surface area contributed by atoms with Gasteiger partial charge in [0.1, 0.15) is 0 Å². The van der Waals surface area contributed by atoms with Crippen molar-refractivity contribution in [3.8, 4) is 0 Å².